The molecule has 0 spiro atoms. The van der Waals surface area contributed by atoms with Crippen LogP contribution in [0.1, 0.15) is 46.8 Å². The van der Waals surface area contributed by atoms with Crippen LogP contribution in [0, 0.1) is 27.7 Å². The first-order valence-corrected chi connectivity index (χ1v) is 9.30. The van der Waals surface area contributed by atoms with Crippen LogP contribution < -0.4 is 4.90 Å². The minimum atomic E-state index is 0.692. The van der Waals surface area contributed by atoms with Crippen molar-refractivity contribution in [2.45, 2.75) is 46.5 Å². The standard InChI is InChI=1S/C22H27N3/c1-15-6-5-7-20(16(15)2)19-8-11-24(12-9-19)21-10-13-25-18(4)23-14-22(25)17(21)3/h5-7,10,13-14,19H,8-9,11-12H2,1-4H3. The monoisotopic (exact) mass is 333 g/mol. The molecule has 3 nitrogen and oxygen atoms in total. The van der Waals surface area contributed by atoms with Gasteiger partial charge in [0.2, 0.25) is 0 Å². The molecule has 2 aromatic heterocycles. The van der Waals surface area contributed by atoms with Crippen molar-refractivity contribution in [3.63, 3.8) is 0 Å². The van der Waals surface area contributed by atoms with Gasteiger partial charge in [0.15, 0.2) is 0 Å². The molecule has 0 aliphatic carbocycles. The van der Waals surface area contributed by atoms with Crippen molar-refractivity contribution in [2.75, 3.05) is 18.0 Å². The normalized spacial score (nSPS) is 15.9. The Kier molecular flexibility index (Phi) is 4.03. The fraction of sp³-hybridized carbons (Fsp3) is 0.409. The third-order valence-electron chi connectivity index (χ3n) is 6.05. The summed E-state index contributed by atoms with van der Waals surface area (Å²) in [6.45, 7) is 11.0. The molecule has 0 N–H and O–H groups in total. The number of rotatable bonds is 2. The van der Waals surface area contributed by atoms with Gasteiger partial charge in [0, 0.05) is 25.0 Å². The predicted octanol–water partition coefficient (Wildman–Crippen LogP) is 4.95. The highest BCUT2D eigenvalue weighted by atomic mass is 15.1. The number of aromatic nitrogens is 2. The summed E-state index contributed by atoms with van der Waals surface area (Å²) < 4.78 is 2.18. The lowest BCUT2D eigenvalue weighted by Gasteiger charge is -2.35. The van der Waals surface area contributed by atoms with E-state index in [1.54, 1.807) is 5.56 Å². The summed E-state index contributed by atoms with van der Waals surface area (Å²) >= 11 is 0. The maximum Gasteiger partial charge on any atom is 0.110 e. The molecule has 1 aliphatic rings. The van der Waals surface area contributed by atoms with Gasteiger partial charge in [0.25, 0.3) is 0 Å². The van der Waals surface area contributed by atoms with Crippen LogP contribution in [-0.2, 0) is 0 Å². The van der Waals surface area contributed by atoms with Gasteiger partial charge in [0.05, 0.1) is 11.7 Å². The zero-order valence-electron chi connectivity index (χ0n) is 15.7. The zero-order valence-corrected chi connectivity index (χ0v) is 15.7. The molecule has 0 atom stereocenters. The number of benzene rings is 1. The summed E-state index contributed by atoms with van der Waals surface area (Å²) in [6.07, 6.45) is 6.62. The Morgan fingerprint density at radius 3 is 2.48 bits per heavy atom. The average Bonchev–Trinajstić information content (AvgIpc) is 3.00. The Balaban J connectivity index is 1.56. The van der Waals surface area contributed by atoms with Gasteiger partial charge < -0.3 is 9.30 Å². The molecule has 0 unspecified atom stereocenters. The Bertz CT molecular complexity index is 914. The Morgan fingerprint density at radius 1 is 0.960 bits per heavy atom. The van der Waals surface area contributed by atoms with Crippen molar-refractivity contribution in [3.8, 4) is 0 Å². The first-order chi connectivity index (χ1) is 12.1. The highest BCUT2D eigenvalue weighted by Crippen LogP contribution is 2.34. The lowest BCUT2D eigenvalue weighted by molar-refractivity contribution is 0.503. The fourth-order valence-electron chi connectivity index (χ4n) is 4.31. The minimum absolute atomic E-state index is 0.692. The van der Waals surface area contributed by atoms with Gasteiger partial charge in [-0.1, -0.05) is 18.2 Å². The van der Waals surface area contributed by atoms with E-state index in [-0.39, 0.29) is 0 Å². The summed E-state index contributed by atoms with van der Waals surface area (Å²) in [5.74, 6) is 1.75. The molecular formula is C22H27N3. The number of anilines is 1. The number of hydrogen-bond donors (Lipinski definition) is 0. The second kappa shape index (κ2) is 6.21. The van der Waals surface area contributed by atoms with E-state index in [2.05, 4.69) is 72.4 Å². The van der Waals surface area contributed by atoms with Crippen LogP contribution >= 0.6 is 0 Å². The third-order valence-corrected chi connectivity index (χ3v) is 6.05. The maximum absolute atomic E-state index is 4.46. The number of piperidine rings is 1. The second-order valence-electron chi connectivity index (χ2n) is 7.44. The van der Waals surface area contributed by atoms with Crippen LogP contribution in [0.2, 0.25) is 0 Å². The molecule has 0 saturated carbocycles. The number of aryl methyl sites for hydroxylation is 3. The van der Waals surface area contributed by atoms with Crippen LogP contribution in [0.3, 0.4) is 0 Å². The number of imidazole rings is 1. The van der Waals surface area contributed by atoms with E-state index < -0.39 is 0 Å². The highest BCUT2D eigenvalue weighted by Gasteiger charge is 2.23. The van der Waals surface area contributed by atoms with E-state index in [1.165, 1.54) is 40.7 Å². The van der Waals surface area contributed by atoms with E-state index in [1.807, 2.05) is 6.20 Å². The largest absolute Gasteiger partial charge is 0.371 e. The van der Waals surface area contributed by atoms with Crippen LogP contribution in [-0.4, -0.2) is 22.5 Å². The van der Waals surface area contributed by atoms with Gasteiger partial charge in [-0.15, -0.1) is 0 Å². The summed E-state index contributed by atoms with van der Waals surface area (Å²) in [5, 5.41) is 0. The molecule has 1 saturated heterocycles. The molecule has 1 aliphatic heterocycles. The Labute approximate surface area is 150 Å². The second-order valence-corrected chi connectivity index (χ2v) is 7.44. The maximum atomic E-state index is 4.46. The van der Waals surface area contributed by atoms with Crippen molar-refractivity contribution in [2.24, 2.45) is 0 Å². The molecule has 3 aromatic rings. The van der Waals surface area contributed by atoms with Crippen molar-refractivity contribution < 1.29 is 0 Å². The molecule has 1 fully saturated rings. The van der Waals surface area contributed by atoms with Crippen molar-refractivity contribution in [1.82, 2.24) is 9.38 Å². The SMILES string of the molecule is Cc1cccc(C2CCN(c3ccn4c(C)ncc4c3C)CC2)c1C. The molecule has 0 radical (unpaired) electrons. The third kappa shape index (κ3) is 2.72. The van der Waals surface area contributed by atoms with Gasteiger partial charge >= 0.3 is 0 Å². The summed E-state index contributed by atoms with van der Waals surface area (Å²) in [7, 11) is 0. The average molecular weight is 333 g/mol. The molecule has 0 bridgehead atoms. The Morgan fingerprint density at radius 2 is 1.72 bits per heavy atom. The number of nitrogens with zero attached hydrogens (tertiary/aromatic N) is 3. The molecular weight excluding hydrogens is 306 g/mol. The van der Waals surface area contributed by atoms with Gasteiger partial charge in [-0.05, 0) is 74.8 Å². The first-order valence-electron chi connectivity index (χ1n) is 9.30. The van der Waals surface area contributed by atoms with Crippen LogP contribution in [0.15, 0.2) is 36.7 Å². The smallest absolute Gasteiger partial charge is 0.110 e. The molecule has 3 heteroatoms. The molecule has 3 heterocycles. The van der Waals surface area contributed by atoms with E-state index in [0.717, 1.165) is 18.9 Å². The van der Waals surface area contributed by atoms with Crippen molar-refractivity contribution >= 4 is 11.2 Å². The predicted molar refractivity (Wildman–Crippen MR) is 105 cm³/mol. The topological polar surface area (TPSA) is 20.5 Å². The van der Waals surface area contributed by atoms with E-state index in [4.69, 9.17) is 0 Å². The van der Waals surface area contributed by atoms with Gasteiger partial charge in [-0.25, -0.2) is 4.98 Å². The van der Waals surface area contributed by atoms with Gasteiger partial charge in [-0.3, -0.25) is 0 Å². The van der Waals surface area contributed by atoms with E-state index in [9.17, 15) is 0 Å². The van der Waals surface area contributed by atoms with Gasteiger partial charge in [-0.2, -0.15) is 0 Å². The molecule has 0 amide bonds. The lowest BCUT2D eigenvalue weighted by atomic mass is 9.85. The highest BCUT2D eigenvalue weighted by molar-refractivity contribution is 5.68. The number of hydrogen-bond acceptors (Lipinski definition) is 2. The number of fused-ring (bicyclic) bond motifs is 1. The van der Waals surface area contributed by atoms with E-state index in [0.29, 0.717) is 5.92 Å². The summed E-state index contributed by atoms with van der Waals surface area (Å²) in [5.41, 5.74) is 8.38. The lowest BCUT2D eigenvalue weighted by Crippen LogP contribution is -2.33. The molecule has 1 aromatic carbocycles. The first kappa shape index (κ1) is 16.2. The van der Waals surface area contributed by atoms with Gasteiger partial charge in [0.1, 0.15) is 5.82 Å². The quantitative estimate of drug-likeness (QED) is 0.661. The minimum Gasteiger partial charge on any atom is -0.371 e. The van der Waals surface area contributed by atoms with Crippen LogP contribution in [0.25, 0.3) is 5.52 Å². The van der Waals surface area contributed by atoms with Crippen LogP contribution in [0.4, 0.5) is 5.69 Å². The van der Waals surface area contributed by atoms with Crippen molar-refractivity contribution in [3.05, 3.63) is 64.7 Å². The fourth-order valence-corrected chi connectivity index (χ4v) is 4.31. The number of pyridine rings is 1. The summed E-state index contributed by atoms with van der Waals surface area (Å²) in [6, 6.07) is 9.02. The Hall–Kier alpha value is -2.29. The molecule has 4 rings (SSSR count). The molecule has 25 heavy (non-hydrogen) atoms. The van der Waals surface area contributed by atoms with E-state index >= 15 is 0 Å². The van der Waals surface area contributed by atoms with Crippen LogP contribution in [0.5, 0.6) is 0 Å². The zero-order chi connectivity index (χ0) is 17.6. The molecule has 130 valence electrons. The summed E-state index contributed by atoms with van der Waals surface area (Å²) in [4.78, 5) is 7.01. The van der Waals surface area contributed by atoms with Crippen molar-refractivity contribution in [1.29, 1.82) is 0 Å².